The third-order valence-electron chi connectivity index (χ3n) is 2.70. The summed E-state index contributed by atoms with van der Waals surface area (Å²) in [5.74, 6) is 0. The van der Waals surface area contributed by atoms with Crippen LogP contribution in [0, 0.1) is 0 Å². The molecule has 2 rings (SSSR count). The molecule has 0 spiro atoms. The zero-order valence-electron chi connectivity index (χ0n) is 9.26. The Kier molecular flexibility index (Phi) is 3.20. The number of nitrogen functional groups attached to an aromatic ring is 1. The fourth-order valence-corrected chi connectivity index (χ4v) is 1.87. The van der Waals surface area contributed by atoms with Gasteiger partial charge in [0.25, 0.3) is 0 Å². The molecule has 1 aliphatic rings. The number of allylic oxidation sites excluding steroid dienone is 2. The van der Waals surface area contributed by atoms with Gasteiger partial charge in [-0.05, 0) is 41.6 Å². The van der Waals surface area contributed by atoms with Crippen molar-refractivity contribution in [3.05, 3.63) is 48.1 Å². The number of nitrogens with two attached hydrogens (primary N) is 2. The molecule has 17 heavy (non-hydrogen) atoms. The zero-order valence-corrected chi connectivity index (χ0v) is 10.1. The third-order valence-corrected chi connectivity index (χ3v) is 2.79. The van der Waals surface area contributed by atoms with Gasteiger partial charge < -0.3 is 11.5 Å². The summed E-state index contributed by atoms with van der Waals surface area (Å²) in [6.07, 6.45) is 6.46. The molecule has 0 heterocycles. The van der Waals surface area contributed by atoms with E-state index in [0.29, 0.717) is 6.42 Å². The van der Waals surface area contributed by atoms with E-state index in [9.17, 15) is 0 Å². The number of aliphatic imine (C=N–C) groups is 1. The summed E-state index contributed by atoms with van der Waals surface area (Å²) in [5, 5.41) is 2.33. The van der Waals surface area contributed by atoms with Crippen molar-refractivity contribution in [1.82, 2.24) is 0 Å². The largest absolute Gasteiger partial charge is 0.399 e. The maximum absolute atomic E-state index is 5.99. The Balaban J connectivity index is 2.23. The van der Waals surface area contributed by atoms with Gasteiger partial charge in [0, 0.05) is 12.1 Å². The quantitative estimate of drug-likeness (QED) is 0.476. The minimum atomic E-state index is -0.737. The molecule has 4 N–H and O–H groups in total. The van der Waals surface area contributed by atoms with Gasteiger partial charge in [0.15, 0.2) is 0 Å². The van der Waals surface area contributed by atoms with Crippen molar-refractivity contribution in [2.75, 3.05) is 5.73 Å². The van der Waals surface area contributed by atoms with Gasteiger partial charge in [-0.3, -0.25) is 0 Å². The van der Waals surface area contributed by atoms with Crippen LogP contribution in [-0.4, -0.2) is 10.8 Å². The van der Waals surface area contributed by atoms with Gasteiger partial charge in [-0.15, -0.1) is 0 Å². The highest BCUT2D eigenvalue weighted by atomic mass is 32.1. The van der Waals surface area contributed by atoms with Crippen LogP contribution in [0.3, 0.4) is 0 Å². The Morgan fingerprint density at radius 3 is 2.53 bits per heavy atom. The highest BCUT2D eigenvalue weighted by Gasteiger charge is 2.21. The first-order valence-corrected chi connectivity index (χ1v) is 5.67. The van der Waals surface area contributed by atoms with Crippen molar-refractivity contribution in [2.45, 2.75) is 12.1 Å². The van der Waals surface area contributed by atoms with Crippen molar-refractivity contribution >= 4 is 28.6 Å². The first kappa shape index (κ1) is 11.7. The van der Waals surface area contributed by atoms with E-state index in [1.165, 1.54) is 0 Å². The molecule has 0 amide bonds. The Bertz CT molecular complexity index is 524. The van der Waals surface area contributed by atoms with Gasteiger partial charge in [0.2, 0.25) is 0 Å². The second-order valence-corrected chi connectivity index (χ2v) is 4.20. The third kappa shape index (κ3) is 2.68. The van der Waals surface area contributed by atoms with E-state index in [2.05, 4.69) is 22.4 Å². The van der Waals surface area contributed by atoms with Crippen molar-refractivity contribution < 1.29 is 0 Å². The molecule has 0 aliphatic heterocycles. The lowest BCUT2D eigenvalue weighted by atomic mass is 9.94. The van der Waals surface area contributed by atoms with Gasteiger partial charge in [0.1, 0.15) is 5.66 Å². The topological polar surface area (TPSA) is 64.4 Å². The Labute approximate surface area is 106 Å². The number of hydrogen-bond donors (Lipinski definition) is 2. The lowest BCUT2D eigenvalue weighted by Gasteiger charge is -2.22. The number of benzene rings is 1. The molecule has 86 valence electrons. The van der Waals surface area contributed by atoms with E-state index in [4.69, 9.17) is 11.5 Å². The summed E-state index contributed by atoms with van der Waals surface area (Å²) in [6.45, 7) is 0. The van der Waals surface area contributed by atoms with E-state index in [1.54, 1.807) is 0 Å². The van der Waals surface area contributed by atoms with Crippen molar-refractivity contribution in [2.24, 2.45) is 10.7 Å². The Morgan fingerprint density at radius 2 is 2.00 bits per heavy atom. The highest BCUT2D eigenvalue weighted by molar-refractivity contribution is 7.78. The number of anilines is 1. The van der Waals surface area contributed by atoms with Crippen LogP contribution in [-0.2, 0) is 0 Å². The van der Waals surface area contributed by atoms with Crippen molar-refractivity contribution in [3.63, 3.8) is 0 Å². The number of rotatable bonds is 2. The van der Waals surface area contributed by atoms with E-state index in [-0.39, 0.29) is 0 Å². The number of thiocarbonyl (C=S) groups is 1. The van der Waals surface area contributed by atoms with Gasteiger partial charge in [-0.2, -0.15) is 0 Å². The first-order chi connectivity index (χ1) is 8.13. The second-order valence-electron chi connectivity index (χ2n) is 4.01. The molecule has 1 unspecified atom stereocenters. The molecule has 0 bridgehead atoms. The van der Waals surface area contributed by atoms with E-state index in [0.717, 1.165) is 16.8 Å². The van der Waals surface area contributed by atoms with Crippen LogP contribution in [0.25, 0.3) is 5.57 Å². The molecule has 1 aromatic carbocycles. The summed E-state index contributed by atoms with van der Waals surface area (Å²) >= 11 is 4.58. The van der Waals surface area contributed by atoms with Crippen LogP contribution < -0.4 is 11.5 Å². The number of nitrogens with zero attached hydrogens (tertiary/aromatic N) is 1. The maximum Gasteiger partial charge on any atom is 0.141 e. The standard InChI is InChI=1S/C13H13N3S/c14-12-3-1-10(2-4-12)11-5-7-13(15,8-6-11)16-9-17/h1-7H,8,14-15H2. The number of hydrogen-bond acceptors (Lipinski definition) is 4. The molecule has 4 heteroatoms. The molecule has 0 radical (unpaired) electrons. The summed E-state index contributed by atoms with van der Waals surface area (Å²) in [4.78, 5) is 3.95. The van der Waals surface area contributed by atoms with Crippen LogP contribution >= 0.6 is 12.2 Å². The summed E-state index contributed by atoms with van der Waals surface area (Å²) < 4.78 is 0. The van der Waals surface area contributed by atoms with E-state index < -0.39 is 5.66 Å². The normalized spacial score (nSPS) is 22.8. The molecule has 0 saturated heterocycles. The lowest BCUT2D eigenvalue weighted by molar-refractivity contribution is 0.566. The summed E-state index contributed by atoms with van der Waals surface area (Å²) in [7, 11) is 0. The van der Waals surface area contributed by atoms with Gasteiger partial charge >= 0.3 is 0 Å². The summed E-state index contributed by atoms with van der Waals surface area (Å²) in [6, 6.07) is 7.72. The predicted molar refractivity (Wildman–Crippen MR) is 74.5 cm³/mol. The molecule has 1 aromatic rings. The number of isothiocyanates is 1. The lowest BCUT2D eigenvalue weighted by Crippen LogP contribution is -2.35. The fraction of sp³-hybridized carbons (Fsp3) is 0.154. The van der Waals surface area contributed by atoms with Crippen LogP contribution in [0.1, 0.15) is 12.0 Å². The fourth-order valence-electron chi connectivity index (χ4n) is 1.70. The molecular weight excluding hydrogens is 230 g/mol. The minimum Gasteiger partial charge on any atom is -0.399 e. The zero-order chi connectivity index (χ0) is 12.3. The molecule has 1 atom stereocenters. The smallest absolute Gasteiger partial charge is 0.141 e. The van der Waals surface area contributed by atoms with Crippen LogP contribution in [0.4, 0.5) is 5.69 Å². The first-order valence-electron chi connectivity index (χ1n) is 5.26. The van der Waals surface area contributed by atoms with Crippen molar-refractivity contribution in [1.29, 1.82) is 0 Å². The molecular formula is C13H13N3S. The van der Waals surface area contributed by atoms with E-state index in [1.807, 2.05) is 42.5 Å². The average Bonchev–Trinajstić information content (AvgIpc) is 2.31. The Hall–Kier alpha value is -1.74. The maximum atomic E-state index is 5.99. The Morgan fingerprint density at radius 1 is 1.29 bits per heavy atom. The molecule has 3 nitrogen and oxygen atoms in total. The van der Waals surface area contributed by atoms with Gasteiger partial charge in [-0.1, -0.05) is 24.3 Å². The van der Waals surface area contributed by atoms with Crippen LogP contribution in [0.15, 0.2) is 47.5 Å². The van der Waals surface area contributed by atoms with E-state index >= 15 is 0 Å². The van der Waals surface area contributed by atoms with Crippen molar-refractivity contribution in [3.8, 4) is 0 Å². The van der Waals surface area contributed by atoms with Gasteiger partial charge in [0.05, 0.1) is 5.16 Å². The highest BCUT2D eigenvalue weighted by Crippen LogP contribution is 2.26. The molecule has 0 saturated carbocycles. The van der Waals surface area contributed by atoms with Crippen LogP contribution in [0.5, 0.6) is 0 Å². The molecule has 0 fully saturated rings. The average molecular weight is 243 g/mol. The van der Waals surface area contributed by atoms with Gasteiger partial charge in [-0.25, -0.2) is 4.99 Å². The minimum absolute atomic E-state index is 0.618. The molecule has 0 aromatic heterocycles. The second kappa shape index (κ2) is 4.63. The molecule has 1 aliphatic carbocycles. The van der Waals surface area contributed by atoms with Crippen LogP contribution in [0.2, 0.25) is 0 Å². The SMILES string of the molecule is Nc1ccc(C2=CCC(N)(N=C=S)C=C2)cc1. The predicted octanol–water partition coefficient (Wildman–Crippen LogP) is 2.37. The monoisotopic (exact) mass is 243 g/mol. The summed E-state index contributed by atoms with van der Waals surface area (Å²) in [5.41, 5.74) is 13.9.